The molecule has 0 radical (unpaired) electrons. The minimum atomic E-state index is -1.08. The molecule has 0 aliphatic heterocycles. The quantitative estimate of drug-likeness (QED) is 0.790. The Balaban J connectivity index is 2.88. The van der Waals surface area contributed by atoms with Gasteiger partial charge in [0.2, 0.25) is 0 Å². The Labute approximate surface area is 92.6 Å². The van der Waals surface area contributed by atoms with Crippen molar-refractivity contribution in [3.63, 3.8) is 0 Å². The van der Waals surface area contributed by atoms with Crippen LogP contribution in [-0.4, -0.2) is 28.2 Å². The third kappa shape index (κ3) is 2.39. The molecule has 1 heterocycles. The highest BCUT2D eigenvalue weighted by molar-refractivity contribution is 5.98. The van der Waals surface area contributed by atoms with E-state index >= 15 is 0 Å². The third-order valence-corrected chi connectivity index (χ3v) is 2.21. The summed E-state index contributed by atoms with van der Waals surface area (Å²) >= 11 is 0. The first-order valence-corrected chi connectivity index (χ1v) is 4.96. The first-order valence-electron chi connectivity index (χ1n) is 4.96. The van der Waals surface area contributed by atoms with Gasteiger partial charge in [0, 0.05) is 0 Å². The van der Waals surface area contributed by atoms with Gasteiger partial charge in [-0.2, -0.15) is 0 Å². The minimum absolute atomic E-state index is 0.329. The molecule has 1 rings (SSSR count). The summed E-state index contributed by atoms with van der Waals surface area (Å²) in [5, 5.41) is 14.8. The lowest BCUT2D eigenvalue weighted by molar-refractivity contribution is -0.138. The number of hydrogen-bond acceptors (Lipinski definition) is 4. The molecule has 0 aromatic carbocycles. The van der Waals surface area contributed by atoms with E-state index in [9.17, 15) is 9.59 Å². The Kier molecular flexibility index (Phi) is 3.65. The number of nitrogens with zero attached hydrogens (tertiary/aromatic N) is 1. The summed E-state index contributed by atoms with van der Waals surface area (Å²) in [6, 6.07) is -0.938. The van der Waals surface area contributed by atoms with Crippen LogP contribution < -0.4 is 5.32 Å². The van der Waals surface area contributed by atoms with E-state index in [-0.39, 0.29) is 0 Å². The maximum atomic E-state index is 11.7. The van der Waals surface area contributed by atoms with Crippen molar-refractivity contribution in [2.75, 3.05) is 0 Å². The van der Waals surface area contributed by atoms with Gasteiger partial charge in [-0.15, -0.1) is 0 Å². The maximum absolute atomic E-state index is 11.7. The molecule has 0 aliphatic rings. The van der Waals surface area contributed by atoms with Crippen LogP contribution in [0.25, 0.3) is 0 Å². The Bertz CT molecular complexity index is 411. The van der Waals surface area contributed by atoms with Gasteiger partial charge in [-0.25, -0.2) is 0 Å². The fraction of sp³-hybridized carbons (Fsp3) is 0.500. The lowest BCUT2D eigenvalue weighted by atomic mass is 10.1. The first-order chi connectivity index (χ1) is 7.47. The van der Waals surface area contributed by atoms with E-state index in [1.54, 1.807) is 6.92 Å². The topological polar surface area (TPSA) is 92.4 Å². The van der Waals surface area contributed by atoms with Crippen molar-refractivity contribution >= 4 is 11.9 Å². The van der Waals surface area contributed by atoms with E-state index in [0.717, 1.165) is 0 Å². The van der Waals surface area contributed by atoms with Crippen LogP contribution in [0, 0.1) is 6.92 Å². The fourth-order valence-electron chi connectivity index (χ4n) is 1.28. The summed E-state index contributed by atoms with van der Waals surface area (Å²) in [5.41, 5.74) is 0.864. The van der Waals surface area contributed by atoms with Crippen LogP contribution in [0.2, 0.25) is 0 Å². The van der Waals surface area contributed by atoms with Crippen LogP contribution in [0.5, 0.6) is 0 Å². The number of carboxylic acid groups (broad SMARTS) is 1. The zero-order valence-corrected chi connectivity index (χ0v) is 9.40. The van der Waals surface area contributed by atoms with E-state index in [1.165, 1.54) is 6.92 Å². The lowest BCUT2D eigenvalue weighted by Crippen LogP contribution is -2.38. The monoisotopic (exact) mass is 226 g/mol. The summed E-state index contributed by atoms with van der Waals surface area (Å²) in [6.45, 7) is 4.86. The normalized spacial score (nSPS) is 12.2. The molecule has 0 saturated heterocycles. The van der Waals surface area contributed by atoms with Gasteiger partial charge in [0.05, 0.1) is 5.69 Å². The second kappa shape index (κ2) is 4.78. The number of aromatic nitrogens is 1. The van der Waals surface area contributed by atoms with Crippen LogP contribution in [0.1, 0.15) is 35.7 Å². The minimum Gasteiger partial charge on any atom is -0.480 e. The van der Waals surface area contributed by atoms with Gasteiger partial charge >= 0.3 is 5.97 Å². The van der Waals surface area contributed by atoms with E-state index in [1.807, 2.05) is 6.92 Å². The number of rotatable bonds is 4. The Hall–Kier alpha value is -1.85. The van der Waals surface area contributed by atoms with Gasteiger partial charge in [0.15, 0.2) is 0 Å². The van der Waals surface area contributed by atoms with Crippen molar-refractivity contribution in [2.24, 2.45) is 0 Å². The standard InChI is InChI=1S/C10H14N2O4/c1-4-7-8(6(3)16-12-7)9(13)11-5(2)10(14)15/h5H,4H2,1-3H3,(H,11,13)(H,14,15)/t5-/m1/s1. The number of hydrogen-bond donors (Lipinski definition) is 2. The molecule has 0 unspecified atom stereocenters. The third-order valence-electron chi connectivity index (χ3n) is 2.21. The molecule has 1 atom stereocenters. The number of aryl methyl sites for hydroxylation is 2. The first kappa shape index (κ1) is 12.2. The molecule has 6 nitrogen and oxygen atoms in total. The SMILES string of the molecule is CCc1noc(C)c1C(=O)N[C@H](C)C(=O)O. The average molecular weight is 226 g/mol. The molecule has 0 bridgehead atoms. The van der Waals surface area contributed by atoms with E-state index in [0.29, 0.717) is 23.4 Å². The van der Waals surface area contributed by atoms with E-state index < -0.39 is 17.9 Å². The van der Waals surface area contributed by atoms with Crippen molar-refractivity contribution in [1.82, 2.24) is 10.5 Å². The molecule has 6 heteroatoms. The van der Waals surface area contributed by atoms with Gasteiger partial charge < -0.3 is 14.9 Å². The predicted octanol–water partition coefficient (Wildman–Crippen LogP) is 0.748. The summed E-state index contributed by atoms with van der Waals surface area (Å²) in [4.78, 5) is 22.3. The molecular formula is C10H14N2O4. The van der Waals surface area contributed by atoms with Gasteiger partial charge in [-0.3, -0.25) is 9.59 Å². The second-order valence-electron chi connectivity index (χ2n) is 3.45. The van der Waals surface area contributed by atoms with Crippen molar-refractivity contribution in [3.8, 4) is 0 Å². The van der Waals surface area contributed by atoms with Crippen LogP contribution in [0.15, 0.2) is 4.52 Å². The molecule has 0 fully saturated rings. The van der Waals surface area contributed by atoms with Gasteiger partial charge in [-0.05, 0) is 20.3 Å². The summed E-state index contributed by atoms with van der Waals surface area (Å²) in [7, 11) is 0. The maximum Gasteiger partial charge on any atom is 0.325 e. The number of amides is 1. The molecule has 1 aromatic heterocycles. The molecule has 0 aliphatic carbocycles. The van der Waals surface area contributed by atoms with Gasteiger partial charge in [0.25, 0.3) is 5.91 Å². The number of carbonyl (C=O) groups excluding carboxylic acids is 1. The average Bonchev–Trinajstić information content (AvgIpc) is 2.59. The van der Waals surface area contributed by atoms with Crippen molar-refractivity contribution < 1.29 is 19.2 Å². The van der Waals surface area contributed by atoms with Crippen molar-refractivity contribution in [3.05, 3.63) is 17.0 Å². The Morgan fingerprint density at radius 3 is 2.69 bits per heavy atom. The predicted molar refractivity (Wildman–Crippen MR) is 55.2 cm³/mol. The molecule has 2 N–H and O–H groups in total. The number of carbonyl (C=O) groups is 2. The van der Waals surface area contributed by atoms with Gasteiger partial charge in [0.1, 0.15) is 17.4 Å². The van der Waals surface area contributed by atoms with Crippen molar-refractivity contribution in [1.29, 1.82) is 0 Å². The van der Waals surface area contributed by atoms with Crippen LogP contribution >= 0.6 is 0 Å². The number of nitrogens with one attached hydrogen (secondary N) is 1. The summed E-state index contributed by atoms with van der Waals surface area (Å²) in [6.07, 6.45) is 0.557. The van der Waals surface area contributed by atoms with Gasteiger partial charge in [-0.1, -0.05) is 12.1 Å². The van der Waals surface area contributed by atoms with Crippen LogP contribution in [0.4, 0.5) is 0 Å². The van der Waals surface area contributed by atoms with E-state index in [2.05, 4.69) is 10.5 Å². The van der Waals surface area contributed by atoms with Crippen molar-refractivity contribution in [2.45, 2.75) is 33.2 Å². The van der Waals surface area contributed by atoms with E-state index in [4.69, 9.17) is 9.63 Å². The molecule has 1 amide bonds. The largest absolute Gasteiger partial charge is 0.480 e. The molecule has 0 spiro atoms. The summed E-state index contributed by atoms with van der Waals surface area (Å²) in [5.74, 6) is -1.15. The highest BCUT2D eigenvalue weighted by Gasteiger charge is 2.22. The second-order valence-corrected chi connectivity index (χ2v) is 3.45. The Morgan fingerprint density at radius 1 is 1.56 bits per heavy atom. The smallest absolute Gasteiger partial charge is 0.325 e. The number of carboxylic acids is 1. The lowest BCUT2D eigenvalue weighted by Gasteiger charge is -2.08. The Morgan fingerprint density at radius 2 is 2.19 bits per heavy atom. The number of aliphatic carboxylic acids is 1. The molecule has 88 valence electrons. The highest BCUT2D eigenvalue weighted by Crippen LogP contribution is 2.13. The zero-order valence-electron chi connectivity index (χ0n) is 9.40. The van der Waals surface area contributed by atoms with Crippen LogP contribution in [0.3, 0.4) is 0 Å². The molecular weight excluding hydrogens is 212 g/mol. The molecule has 0 saturated carbocycles. The van der Waals surface area contributed by atoms with Crippen LogP contribution in [-0.2, 0) is 11.2 Å². The summed E-state index contributed by atoms with van der Waals surface area (Å²) < 4.78 is 4.89. The highest BCUT2D eigenvalue weighted by atomic mass is 16.5. The molecule has 1 aromatic rings. The fourth-order valence-corrected chi connectivity index (χ4v) is 1.28. The molecule has 16 heavy (non-hydrogen) atoms. The zero-order chi connectivity index (χ0) is 12.3.